The van der Waals surface area contributed by atoms with Crippen molar-refractivity contribution >= 4 is 29.6 Å². The summed E-state index contributed by atoms with van der Waals surface area (Å²) in [6.45, 7) is 22.0. The second-order valence-electron chi connectivity index (χ2n) is 15.6. The molecule has 0 aliphatic carbocycles. The van der Waals surface area contributed by atoms with E-state index in [1.54, 1.807) is 45.7 Å². The summed E-state index contributed by atoms with van der Waals surface area (Å²) in [4.78, 5) is 71.9. The lowest BCUT2D eigenvalue weighted by Crippen LogP contribution is -2.60. The Balaban J connectivity index is 2.21. The van der Waals surface area contributed by atoms with Gasteiger partial charge in [-0.3, -0.25) is 28.9 Å². The second kappa shape index (κ2) is 16.2. The molecule has 1 unspecified atom stereocenters. The van der Waals surface area contributed by atoms with Gasteiger partial charge in [0.1, 0.15) is 24.2 Å². The zero-order valence-corrected chi connectivity index (χ0v) is 30.5. The van der Waals surface area contributed by atoms with Crippen molar-refractivity contribution in [3.05, 3.63) is 11.6 Å². The molecule has 0 spiro atoms. The number of rotatable bonds is 11. The lowest BCUT2D eigenvalue weighted by atomic mass is 9.84. The van der Waals surface area contributed by atoms with Crippen LogP contribution in [0.25, 0.3) is 0 Å². The largest absolute Gasteiger partial charge is 0.459 e. The highest BCUT2D eigenvalue weighted by atomic mass is 16.6. The highest BCUT2D eigenvalue weighted by Crippen LogP contribution is 2.27. The molecule has 2 saturated heterocycles. The van der Waals surface area contributed by atoms with Gasteiger partial charge in [-0.1, -0.05) is 47.1 Å². The van der Waals surface area contributed by atoms with Gasteiger partial charge < -0.3 is 25.2 Å². The van der Waals surface area contributed by atoms with Gasteiger partial charge in [0.2, 0.25) is 23.6 Å². The Morgan fingerprint density at radius 1 is 0.891 bits per heavy atom. The van der Waals surface area contributed by atoms with Gasteiger partial charge in [0.05, 0.1) is 12.1 Å². The van der Waals surface area contributed by atoms with Crippen LogP contribution >= 0.6 is 0 Å². The molecule has 0 aromatic heterocycles. The fourth-order valence-electron chi connectivity index (χ4n) is 6.33. The molecule has 0 saturated carbocycles. The van der Waals surface area contributed by atoms with Gasteiger partial charge >= 0.3 is 5.97 Å². The highest BCUT2D eigenvalue weighted by Gasteiger charge is 2.40. The molecule has 4 amide bonds. The number of nitrogens with zero attached hydrogens (tertiary/aromatic N) is 3. The SMILES string of the molecule is C/C(=C\[C@H](C(C)C)N(C)C(=O)[C@@H](NC(=O)C1CCCCN1C(C)C)C(C)(C)C)C(=O)N1CCC[C@H]1C(=O)NCC(=O)OC(C)(C)C. The lowest BCUT2D eigenvalue weighted by Gasteiger charge is -2.41. The van der Waals surface area contributed by atoms with Gasteiger partial charge in [-0.05, 0) is 85.1 Å². The number of likely N-dealkylation sites (N-methyl/N-ethyl adjacent to an activating group) is 1. The number of nitrogens with one attached hydrogen (secondary N) is 2. The van der Waals surface area contributed by atoms with Crippen LogP contribution in [0.15, 0.2) is 11.6 Å². The summed E-state index contributed by atoms with van der Waals surface area (Å²) in [6.07, 6.45) is 5.75. The molecule has 2 aliphatic heterocycles. The first kappa shape index (κ1) is 39.2. The van der Waals surface area contributed by atoms with Gasteiger partial charge in [-0.15, -0.1) is 0 Å². The van der Waals surface area contributed by atoms with Crippen LogP contribution in [0.4, 0.5) is 0 Å². The van der Waals surface area contributed by atoms with Gasteiger partial charge in [-0.2, -0.15) is 0 Å². The summed E-state index contributed by atoms with van der Waals surface area (Å²) in [5, 5.41) is 5.73. The molecule has 0 radical (unpaired) electrons. The summed E-state index contributed by atoms with van der Waals surface area (Å²) in [6, 6.07) is -1.93. The van der Waals surface area contributed by atoms with Crippen LogP contribution in [0.2, 0.25) is 0 Å². The minimum Gasteiger partial charge on any atom is -0.459 e. The number of hydrogen-bond donors (Lipinski definition) is 2. The number of carbonyl (C=O) groups is 5. The minimum absolute atomic E-state index is 0.0331. The van der Waals surface area contributed by atoms with E-state index in [1.807, 2.05) is 34.6 Å². The maximum Gasteiger partial charge on any atom is 0.325 e. The molecule has 2 N–H and O–H groups in total. The van der Waals surface area contributed by atoms with E-state index in [1.165, 1.54) is 4.90 Å². The number of likely N-dealkylation sites (tertiary alicyclic amines) is 2. The fraction of sp³-hybridized carbons (Fsp3) is 0.800. The molecule has 2 rings (SSSR count). The van der Waals surface area contributed by atoms with Crippen LogP contribution in [-0.4, -0.2) is 107 Å². The normalized spacial score (nSPS) is 21.2. The Morgan fingerprint density at radius 3 is 2.04 bits per heavy atom. The predicted octanol–water partition coefficient (Wildman–Crippen LogP) is 3.66. The summed E-state index contributed by atoms with van der Waals surface area (Å²) < 4.78 is 5.27. The summed E-state index contributed by atoms with van der Waals surface area (Å²) >= 11 is 0. The monoisotopic (exact) mass is 647 g/mol. The first-order valence-corrected chi connectivity index (χ1v) is 17.0. The second-order valence-corrected chi connectivity index (χ2v) is 15.6. The van der Waals surface area contributed by atoms with E-state index in [9.17, 15) is 24.0 Å². The molecule has 0 aromatic rings. The fourth-order valence-corrected chi connectivity index (χ4v) is 6.33. The Bertz CT molecular complexity index is 1140. The van der Waals surface area contributed by atoms with Crippen molar-refractivity contribution in [3.8, 4) is 0 Å². The third kappa shape index (κ3) is 10.8. The van der Waals surface area contributed by atoms with Crippen LogP contribution in [0.1, 0.15) is 108 Å². The van der Waals surface area contributed by atoms with Crippen LogP contribution in [0, 0.1) is 11.3 Å². The van der Waals surface area contributed by atoms with Crippen molar-refractivity contribution < 1.29 is 28.7 Å². The number of hydrogen-bond acceptors (Lipinski definition) is 7. The van der Waals surface area contributed by atoms with Crippen molar-refractivity contribution in [2.45, 2.75) is 144 Å². The molecular weight excluding hydrogens is 586 g/mol. The van der Waals surface area contributed by atoms with Crippen molar-refractivity contribution in [1.82, 2.24) is 25.3 Å². The van der Waals surface area contributed by atoms with E-state index < -0.39 is 41.0 Å². The van der Waals surface area contributed by atoms with Crippen molar-refractivity contribution in [2.24, 2.45) is 11.3 Å². The summed E-state index contributed by atoms with van der Waals surface area (Å²) in [7, 11) is 1.72. The molecule has 0 bridgehead atoms. The first-order valence-electron chi connectivity index (χ1n) is 17.0. The lowest BCUT2D eigenvalue weighted by molar-refractivity contribution is -0.154. The molecule has 0 aromatic carbocycles. The Kier molecular flexibility index (Phi) is 13.9. The van der Waals surface area contributed by atoms with Gasteiger partial charge in [-0.25, -0.2) is 0 Å². The predicted molar refractivity (Wildman–Crippen MR) is 180 cm³/mol. The van der Waals surface area contributed by atoms with Gasteiger partial charge in [0, 0.05) is 25.2 Å². The van der Waals surface area contributed by atoms with Crippen molar-refractivity contribution in [1.29, 1.82) is 0 Å². The number of esters is 1. The molecule has 2 aliphatic rings. The van der Waals surface area contributed by atoms with Crippen LogP contribution in [0.5, 0.6) is 0 Å². The average molecular weight is 648 g/mol. The Labute approximate surface area is 277 Å². The molecule has 2 heterocycles. The maximum absolute atomic E-state index is 14.1. The topological polar surface area (TPSA) is 128 Å². The van der Waals surface area contributed by atoms with Crippen LogP contribution < -0.4 is 10.6 Å². The number of amides is 4. The highest BCUT2D eigenvalue weighted by molar-refractivity contribution is 5.97. The number of carbonyl (C=O) groups excluding carboxylic acids is 5. The number of piperidine rings is 1. The van der Waals surface area contributed by atoms with E-state index in [0.29, 0.717) is 25.0 Å². The smallest absolute Gasteiger partial charge is 0.325 e. The van der Waals surface area contributed by atoms with Crippen molar-refractivity contribution in [3.63, 3.8) is 0 Å². The zero-order chi connectivity index (χ0) is 35.1. The molecule has 46 heavy (non-hydrogen) atoms. The van der Waals surface area contributed by atoms with E-state index in [2.05, 4.69) is 29.4 Å². The molecule has 4 atom stereocenters. The molecule has 2 fully saturated rings. The van der Waals surface area contributed by atoms with E-state index in [-0.39, 0.29) is 42.3 Å². The maximum atomic E-state index is 14.1. The standard InChI is InChI=1S/C35H61N5O6/c1-22(2)27(20-24(5)32(44)40-19-15-17-25(40)30(42)36-21-28(41)46-35(9,10)11)38(12)33(45)29(34(6,7)8)37-31(43)26-16-13-14-18-39(26)23(3)4/h20,22-23,25-27,29H,13-19,21H2,1-12H3,(H,36,42)(H,37,43)/b24-20+/t25-,26?,27+,29+/m0/s1. The minimum atomic E-state index is -0.761. The summed E-state index contributed by atoms with van der Waals surface area (Å²) in [5.41, 5.74) is -0.788. The summed E-state index contributed by atoms with van der Waals surface area (Å²) in [5.74, 6) is -1.59. The van der Waals surface area contributed by atoms with Crippen LogP contribution in [0.3, 0.4) is 0 Å². The zero-order valence-electron chi connectivity index (χ0n) is 30.5. The van der Waals surface area contributed by atoms with Crippen LogP contribution in [-0.2, 0) is 28.7 Å². The number of ether oxygens (including phenoxy) is 1. The molecular formula is C35H61N5O6. The first-order chi connectivity index (χ1) is 21.2. The van der Waals surface area contributed by atoms with E-state index in [4.69, 9.17) is 4.74 Å². The molecule has 262 valence electrons. The average Bonchev–Trinajstić information content (AvgIpc) is 3.44. The molecule has 11 heteroatoms. The molecule has 11 nitrogen and oxygen atoms in total. The Hall–Kier alpha value is -2.95. The van der Waals surface area contributed by atoms with Gasteiger partial charge in [0.15, 0.2) is 0 Å². The van der Waals surface area contributed by atoms with E-state index in [0.717, 1.165) is 25.8 Å². The Morgan fingerprint density at radius 2 is 1.50 bits per heavy atom. The van der Waals surface area contributed by atoms with Gasteiger partial charge in [0.25, 0.3) is 0 Å². The quantitative estimate of drug-likeness (QED) is 0.259. The van der Waals surface area contributed by atoms with Crippen molar-refractivity contribution in [2.75, 3.05) is 26.7 Å². The van der Waals surface area contributed by atoms with E-state index >= 15 is 0 Å². The third-order valence-corrected chi connectivity index (χ3v) is 8.79. The third-order valence-electron chi connectivity index (χ3n) is 8.79.